The molecule has 3 heterocycles. The Labute approximate surface area is 184 Å². The van der Waals surface area contributed by atoms with Gasteiger partial charge in [0.2, 0.25) is 0 Å². The Morgan fingerprint density at radius 3 is 2.60 bits per heavy atom. The van der Waals surface area contributed by atoms with Crippen molar-refractivity contribution in [3.63, 3.8) is 0 Å². The highest BCUT2D eigenvalue weighted by molar-refractivity contribution is 7.85. The highest BCUT2D eigenvalue weighted by atomic mass is 35.5. The van der Waals surface area contributed by atoms with E-state index in [0.29, 0.717) is 23.5 Å². The number of aliphatic hydroxyl groups excluding tert-OH is 1. The normalized spacial score (nSPS) is 30.5. The number of fused-ring (bicyclic) bond motifs is 2. The Morgan fingerprint density at radius 1 is 1.23 bits per heavy atom. The average molecular weight is 444 g/mol. The van der Waals surface area contributed by atoms with Crippen molar-refractivity contribution in [3.8, 4) is 0 Å². The summed E-state index contributed by atoms with van der Waals surface area (Å²) >= 11 is 6.04. The summed E-state index contributed by atoms with van der Waals surface area (Å²) in [6, 6.07) is 10.4. The molecule has 2 aliphatic heterocycles. The monoisotopic (exact) mass is 443 g/mol. The minimum absolute atomic E-state index is 0.0942. The molecule has 2 saturated carbocycles. The van der Waals surface area contributed by atoms with Crippen LogP contribution in [0.5, 0.6) is 0 Å². The molecule has 1 aromatic carbocycles. The van der Waals surface area contributed by atoms with Gasteiger partial charge in [0.05, 0.1) is 27.8 Å². The molecular formula is C23H26ClN3O2S. The van der Waals surface area contributed by atoms with Gasteiger partial charge in [-0.2, -0.15) is 0 Å². The summed E-state index contributed by atoms with van der Waals surface area (Å²) in [5, 5.41) is 14.2. The molecule has 0 spiro atoms. The quantitative estimate of drug-likeness (QED) is 0.739. The van der Waals surface area contributed by atoms with E-state index >= 15 is 0 Å². The van der Waals surface area contributed by atoms with E-state index in [9.17, 15) is 9.32 Å². The first-order valence-corrected chi connectivity index (χ1v) is 12.6. The van der Waals surface area contributed by atoms with E-state index in [1.165, 1.54) is 5.56 Å². The molecule has 1 aromatic heterocycles. The van der Waals surface area contributed by atoms with Crippen molar-refractivity contribution in [2.45, 2.75) is 42.0 Å². The molecule has 2 aliphatic carbocycles. The van der Waals surface area contributed by atoms with Gasteiger partial charge >= 0.3 is 0 Å². The molecule has 30 heavy (non-hydrogen) atoms. The van der Waals surface area contributed by atoms with Gasteiger partial charge in [-0.3, -0.25) is 4.21 Å². The van der Waals surface area contributed by atoms with E-state index in [2.05, 4.69) is 28.4 Å². The largest absolute Gasteiger partial charge is 0.394 e. The van der Waals surface area contributed by atoms with Crippen molar-refractivity contribution in [1.29, 1.82) is 0 Å². The number of hydrogen-bond acceptors (Lipinski definition) is 5. The molecule has 3 fully saturated rings. The third kappa shape index (κ3) is 2.99. The molecule has 1 saturated heterocycles. The molecule has 0 radical (unpaired) electrons. The number of aliphatic hydroxyl groups is 1. The third-order valence-electron chi connectivity index (χ3n) is 7.59. The number of hydrogen-bond donors (Lipinski definition) is 2. The summed E-state index contributed by atoms with van der Waals surface area (Å²) in [4.78, 5) is 8.20. The Morgan fingerprint density at radius 2 is 1.97 bits per heavy atom. The van der Waals surface area contributed by atoms with Gasteiger partial charge in [-0.15, -0.1) is 0 Å². The highest BCUT2D eigenvalue weighted by Gasteiger charge is 2.56. The second-order valence-corrected chi connectivity index (χ2v) is 11.3. The number of pyridine rings is 1. The lowest BCUT2D eigenvalue weighted by Gasteiger charge is -2.41. The molecular weight excluding hydrogens is 418 g/mol. The Bertz CT molecular complexity index is 1010. The fourth-order valence-electron chi connectivity index (χ4n) is 5.63. The van der Waals surface area contributed by atoms with Crippen molar-refractivity contribution in [3.05, 3.63) is 46.5 Å². The van der Waals surface area contributed by atoms with Crippen molar-refractivity contribution in [1.82, 2.24) is 4.98 Å². The van der Waals surface area contributed by atoms with Gasteiger partial charge in [-0.05, 0) is 72.8 Å². The number of anilines is 2. The van der Waals surface area contributed by atoms with Crippen LogP contribution >= 0.6 is 11.6 Å². The van der Waals surface area contributed by atoms with Crippen molar-refractivity contribution < 1.29 is 9.32 Å². The lowest BCUT2D eigenvalue weighted by atomic mass is 9.77. The maximum absolute atomic E-state index is 12.6. The van der Waals surface area contributed by atoms with Gasteiger partial charge in [-0.1, -0.05) is 23.7 Å². The predicted molar refractivity (Wildman–Crippen MR) is 120 cm³/mol. The van der Waals surface area contributed by atoms with Gasteiger partial charge in [0, 0.05) is 23.9 Å². The van der Waals surface area contributed by atoms with E-state index in [0.717, 1.165) is 65.9 Å². The van der Waals surface area contributed by atoms with Gasteiger partial charge in [-0.25, -0.2) is 4.98 Å². The molecule has 3 atom stereocenters. The number of aryl methyl sites for hydroxylation is 1. The van der Waals surface area contributed by atoms with E-state index < -0.39 is 10.8 Å². The lowest BCUT2D eigenvalue weighted by molar-refractivity contribution is 0.143. The average Bonchev–Trinajstić information content (AvgIpc) is 3.04. The van der Waals surface area contributed by atoms with Crippen LogP contribution in [0.2, 0.25) is 5.02 Å². The molecule has 5 nitrogen and oxygen atoms in total. The SMILES string of the molecule is O=S1CCc2cc(N3CC4C(C3)C4c3ccc(Cl)cc3)nc(NC3(CO)CCC3)c21. The van der Waals surface area contributed by atoms with Crippen LogP contribution in [0.4, 0.5) is 11.6 Å². The molecule has 2 N–H and O–H groups in total. The second kappa shape index (κ2) is 6.94. The van der Waals surface area contributed by atoms with Crippen LogP contribution in [0, 0.1) is 11.8 Å². The second-order valence-electron chi connectivity index (χ2n) is 9.34. The zero-order valence-corrected chi connectivity index (χ0v) is 18.4. The van der Waals surface area contributed by atoms with Gasteiger partial charge < -0.3 is 15.3 Å². The van der Waals surface area contributed by atoms with Crippen LogP contribution in [0.3, 0.4) is 0 Å². The first-order chi connectivity index (χ1) is 14.6. The van der Waals surface area contributed by atoms with Crippen molar-refractivity contribution in [2.75, 3.05) is 35.7 Å². The molecule has 2 aromatic rings. The Kier molecular flexibility index (Phi) is 4.41. The molecule has 7 heteroatoms. The van der Waals surface area contributed by atoms with Gasteiger partial charge in [0.25, 0.3) is 0 Å². The number of halogens is 1. The van der Waals surface area contributed by atoms with Crippen LogP contribution in [0.1, 0.15) is 36.3 Å². The minimum atomic E-state index is -1.00. The first-order valence-electron chi connectivity index (χ1n) is 10.9. The van der Waals surface area contributed by atoms with E-state index in [1.54, 1.807) is 0 Å². The number of benzene rings is 1. The molecule has 0 bridgehead atoms. The molecule has 6 rings (SSSR count). The topological polar surface area (TPSA) is 65.5 Å². The number of aromatic nitrogens is 1. The summed E-state index contributed by atoms with van der Waals surface area (Å²) in [6.45, 7) is 2.12. The number of nitrogens with zero attached hydrogens (tertiary/aromatic N) is 2. The van der Waals surface area contributed by atoms with Crippen molar-refractivity contribution in [2.24, 2.45) is 11.8 Å². The van der Waals surface area contributed by atoms with Crippen LogP contribution in [0.15, 0.2) is 35.2 Å². The molecule has 0 amide bonds. The maximum atomic E-state index is 12.6. The predicted octanol–water partition coefficient (Wildman–Crippen LogP) is 3.58. The zero-order chi connectivity index (χ0) is 20.5. The van der Waals surface area contributed by atoms with E-state index in [-0.39, 0.29) is 12.1 Å². The molecule has 4 aliphatic rings. The van der Waals surface area contributed by atoms with Crippen LogP contribution < -0.4 is 10.2 Å². The lowest BCUT2D eigenvalue weighted by Crippen LogP contribution is -2.48. The third-order valence-corrected chi connectivity index (χ3v) is 9.33. The van der Waals surface area contributed by atoms with Gasteiger partial charge in [0.1, 0.15) is 11.6 Å². The van der Waals surface area contributed by atoms with Crippen LogP contribution in [-0.2, 0) is 17.2 Å². The molecule has 158 valence electrons. The van der Waals surface area contributed by atoms with Crippen LogP contribution in [0.25, 0.3) is 0 Å². The van der Waals surface area contributed by atoms with Crippen molar-refractivity contribution >= 4 is 34.0 Å². The Hall–Kier alpha value is -1.63. The van der Waals surface area contributed by atoms with E-state index in [1.807, 2.05) is 12.1 Å². The van der Waals surface area contributed by atoms with Gasteiger partial charge in [0.15, 0.2) is 0 Å². The maximum Gasteiger partial charge on any atom is 0.145 e. The summed E-state index contributed by atoms with van der Waals surface area (Å²) in [6.07, 6.45) is 3.83. The highest BCUT2D eigenvalue weighted by Crippen LogP contribution is 2.58. The minimum Gasteiger partial charge on any atom is -0.394 e. The number of piperidine rings is 1. The van der Waals surface area contributed by atoms with Crippen LogP contribution in [-0.4, -0.2) is 45.3 Å². The van der Waals surface area contributed by atoms with E-state index in [4.69, 9.17) is 16.6 Å². The standard InChI is InChI=1S/C23H26ClN3O2S/c24-16-4-2-14(3-5-16)20-17-11-27(12-18(17)20)19-10-15-6-9-30(29)21(15)22(25-19)26-23(13-28)7-1-8-23/h2-5,10,17-18,20,28H,1,6-9,11-13H2,(H,25,26). The summed E-state index contributed by atoms with van der Waals surface area (Å²) < 4.78 is 12.6. The first kappa shape index (κ1) is 19.1. The number of rotatable bonds is 5. The number of nitrogens with one attached hydrogen (secondary N) is 1. The smallest absolute Gasteiger partial charge is 0.145 e. The zero-order valence-electron chi connectivity index (χ0n) is 16.8. The summed E-state index contributed by atoms with van der Waals surface area (Å²) in [7, 11) is -1.00. The fourth-order valence-corrected chi connectivity index (χ4v) is 7.13. The molecule has 3 unspecified atom stereocenters. The fraction of sp³-hybridized carbons (Fsp3) is 0.522. The summed E-state index contributed by atoms with van der Waals surface area (Å²) in [5.74, 6) is 4.37. The Balaban J connectivity index is 1.25. The summed E-state index contributed by atoms with van der Waals surface area (Å²) in [5.41, 5.74) is 2.26.